The van der Waals surface area contributed by atoms with E-state index in [4.69, 9.17) is 0 Å². The van der Waals surface area contributed by atoms with Crippen LogP contribution in [0.15, 0.2) is 64.2 Å². The molecule has 114 valence electrons. The lowest BCUT2D eigenvalue weighted by Crippen LogP contribution is -2.36. The van der Waals surface area contributed by atoms with Gasteiger partial charge in [-0.25, -0.2) is 5.43 Å². The summed E-state index contributed by atoms with van der Waals surface area (Å²) in [6.45, 7) is 1.96. The molecule has 0 radical (unpaired) electrons. The van der Waals surface area contributed by atoms with E-state index in [-0.39, 0.29) is 11.9 Å². The molecule has 1 amide bonds. The van der Waals surface area contributed by atoms with Crippen LogP contribution in [0.5, 0.6) is 0 Å². The molecule has 0 bridgehead atoms. The van der Waals surface area contributed by atoms with E-state index >= 15 is 0 Å². The van der Waals surface area contributed by atoms with Crippen LogP contribution in [0.1, 0.15) is 18.9 Å². The van der Waals surface area contributed by atoms with Gasteiger partial charge in [0.1, 0.15) is 6.04 Å². The van der Waals surface area contributed by atoms with E-state index in [0.29, 0.717) is 6.42 Å². The van der Waals surface area contributed by atoms with Gasteiger partial charge in [0, 0.05) is 10.2 Å². The molecule has 1 atom stereocenters. The summed E-state index contributed by atoms with van der Waals surface area (Å²) in [5.41, 5.74) is 4.41. The van der Waals surface area contributed by atoms with Crippen LogP contribution in [0, 0.1) is 0 Å². The zero-order chi connectivity index (χ0) is 15.8. The van der Waals surface area contributed by atoms with Gasteiger partial charge in [0.15, 0.2) is 0 Å². The van der Waals surface area contributed by atoms with Crippen LogP contribution < -0.4 is 10.7 Å². The Morgan fingerprint density at radius 2 is 2.00 bits per heavy atom. The number of hydrogen-bond donors (Lipinski definition) is 2. The second kappa shape index (κ2) is 8.34. The molecule has 0 saturated heterocycles. The summed E-state index contributed by atoms with van der Waals surface area (Å²) in [7, 11) is 0. The second-order valence-electron chi connectivity index (χ2n) is 4.76. The number of halogens is 1. The number of hydrazone groups is 1. The fourth-order valence-electron chi connectivity index (χ4n) is 1.92. The number of anilines is 1. The summed E-state index contributed by atoms with van der Waals surface area (Å²) in [6, 6.07) is 17.0. The van der Waals surface area contributed by atoms with Crippen molar-refractivity contribution in [1.82, 2.24) is 5.43 Å². The average molecular weight is 360 g/mol. The Hall–Kier alpha value is -2.14. The lowest BCUT2D eigenvalue weighted by Gasteiger charge is -2.16. The van der Waals surface area contributed by atoms with E-state index in [1.165, 1.54) is 0 Å². The molecule has 0 aliphatic carbocycles. The molecule has 4 nitrogen and oxygen atoms in total. The van der Waals surface area contributed by atoms with Gasteiger partial charge in [-0.15, -0.1) is 0 Å². The molecule has 0 fully saturated rings. The zero-order valence-corrected chi connectivity index (χ0v) is 13.9. The molecule has 0 saturated carbocycles. The van der Waals surface area contributed by atoms with Crippen LogP contribution in [-0.2, 0) is 4.79 Å². The summed E-state index contributed by atoms with van der Waals surface area (Å²) in [5.74, 6) is -0.155. The summed E-state index contributed by atoms with van der Waals surface area (Å²) in [6.07, 6.45) is 2.30. The van der Waals surface area contributed by atoms with Crippen molar-refractivity contribution in [2.24, 2.45) is 5.10 Å². The molecule has 2 aromatic carbocycles. The third-order valence-electron chi connectivity index (χ3n) is 3.08. The number of hydrogen-bond acceptors (Lipinski definition) is 3. The summed E-state index contributed by atoms with van der Waals surface area (Å²) < 4.78 is 0.972. The zero-order valence-electron chi connectivity index (χ0n) is 12.3. The average Bonchev–Trinajstić information content (AvgIpc) is 2.53. The van der Waals surface area contributed by atoms with Crippen LogP contribution in [-0.4, -0.2) is 18.2 Å². The van der Waals surface area contributed by atoms with E-state index in [1.54, 1.807) is 6.21 Å². The second-order valence-corrected chi connectivity index (χ2v) is 5.68. The maximum absolute atomic E-state index is 12.1. The fraction of sp³-hybridized carbons (Fsp3) is 0.176. The first-order valence-corrected chi connectivity index (χ1v) is 7.88. The van der Waals surface area contributed by atoms with Crippen LogP contribution in [0.25, 0.3) is 0 Å². The number of carbonyl (C=O) groups is 1. The lowest BCUT2D eigenvalue weighted by molar-refractivity contribution is -0.121. The van der Waals surface area contributed by atoms with E-state index < -0.39 is 0 Å². The van der Waals surface area contributed by atoms with Crippen molar-refractivity contribution in [2.75, 3.05) is 5.32 Å². The van der Waals surface area contributed by atoms with Crippen molar-refractivity contribution in [1.29, 1.82) is 0 Å². The van der Waals surface area contributed by atoms with E-state index in [0.717, 1.165) is 15.7 Å². The molecule has 2 N–H and O–H groups in total. The van der Waals surface area contributed by atoms with E-state index in [9.17, 15) is 4.79 Å². The van der Waals surface area contributed by atoms with Crippen molar-refractivity contribution in [3.05, 3.63) is 64.6 Å². The molecular formula is C17H18BrN3O. The van der Waals surface area contributed by atoms with Gasteiger partial charge in [-0.2, -0.15) is 5.10 Å². The predicted octanol–water partition coefficient (Wildman–Crippen LogP) is 3.79. The van der Waals surface area contributed by atoms with Gasteiger partial charge in [-0.05, 0) is 36.2 Å². The molecule has 1 unspecified atom stereocenters. The Morgan fingerprint density at radius 1 is 1.23 bits per heavy atom. The van der Waals surface area contributed by atoms with Crippen molar-refractivity contribution < 1.29 is 4.79 Å². The predicted molar refractivity (Wildman–Crippen MR) is 94.0 cm³/mol. The molecule has 2 aromatic rings. The largest absolute Gasteiger partial charge is 0.374 e. The number of amides is 1. The quantitative estimate of drug-likeness (QED) is 0.608. The normalized spacial score (nSPS) is 12.1. The summed E-state index contributed by atoms with van der Waals surface area (Å²) in [5, 5.41) is 7.20. The van der Waals surface area contributed by atoms with Crippen LogP contribution >= 0.6 is 15.9 Å². The summed E-state index contributed by atoms with van der Waals surface area (Å²) in [4.78, 5) is 12.1. The molecule has 5 heteroatoms. The number of nitrogens with one attached hydrogen (secondary N) is 2. The number of para-hydroxylation sites is 1. The Kier molecular flexibility index (Phi) is 6.15. The third-order valence-corrected chi connectivity index (χ3v) is 3.57. The van der Waals surface area contributed by atoms with Gasteiger partial charge < -0.3 is 5.32 Å². The number of carbonyl (C=O) groups excluding carboxylic acids is 1. The van der Waals surface area contributed by atoms with Gasteiger partial charge in [-0.3, -0.25) is 4.79 Å². The van der Waals surface area contributed by atoms with Crippen molar-refractivity contribution in [3.63, 3.8) is 0 Å². The highest BCUT2D eigenvalue weighted by atomic mass is 79.9. The van der Waals surface area contributed by atoms with Crippen LogP contribution in [0.2, 0.25) is 0 Å². The van der Waals surface area contributed by atoms with Crippen LogP contribution in [0.3, 0.4) is 0 Å². The first kappa shape index (κ1) is 16.2. The monoisotopic (exact) mass is 359 g/mol. The maximum Gasteiger partial charge on any atom is 0.262 e. The van der Waals surface area contributed by atoms with Gasteiger partial charge in [0.25, 0.3) is 5.91 Å². The number of nitrogens with zero attached hydrogens (tertiary/aromatic N) is 1. The minimum Gasteiger partial charge on any atom is -0.374 e. The Bertz CT molecular complexity index is 643. The Labute approximate surface area is 138 Å². The topological polar surface area (TPSA) is 53.5 Å². The van der Waals surface area contributed by atoms with Gasteiger partial charge in [0.2, 0.25) is 0 Å². The van der Waals surface area contributed by atoms with Crippen LogP contribution in [0.4, 0.5) is 5.69 Å². The Balaban J connectivity index is 1.92. The molecular weight excluding hydrogens is 342 g/mol. The molecule has 0 aliphatic heterocycles. The minimum atomic E-state index is -0.318. The molecule has 0 aliphatic rings. The standard InChI is InChI=1S/C17H18BrN3O/c1-2-16(20-15-9-4-3-5-10-15)17(22)21-19-12-13-7-6-8-14(18)11-13/h3-12,16,20H,2H2,1H3,(H,21,22)/b19-12+. The van der Waals surface area contributed by atoms with Gasteiger partial charge >= 0.3 is 0 Å². The number of benzene rings is 2. The smallest absolute Gasteiger partial charge is 0.262 e. The maximum atomic E-state index is 12.1. The minimum absolute atomic E-state index is 0.155. The van der Waals surface area contributed by atoms with Crippen molar-refractivity contribution in [3.8, 4) is 0 Å². The van der Waals surface area contributed by atoms with Gasteiger partial charge in [-0.1, -0.05) is 53.2 Å². The van der Waals surface area contributed by atoms with E-state index in [1.807, 2.05) is 61.5 Å². The molecule has 0 aromatic heterocycles. The molecule has 0 heterocycles. The molecule has 22 heavy (non-hydrogen) atoms. The molecule has 2 rings (SSSR count). The Morgan fingerprint density at radius 3 is 2.68 bits per heavy atom. The van der Waals surface area contributed by atoms with Crippen molar-refractivity contribution >= 4 is 33.7 Å². The van der Waals surface area contributed by atoms with Crippen molar-refractivity contribution in [2.45, 2.75) is 19.4 Å². The highest BCUT2D eigenvalue weighted by Crippen LogP contribution is 2.10. The first-order valence-electron chi connectivity index (χ1n) is 7.09. The SMILES string of the molecule is CCC(Nc1ccccc1)C(=O)N/N=C/c1cccc(Br)c1. The third kappa shape index (κ3) is 5.00. The number of rotatable bonds is 6. The highest BCUT2D eigenvalue weighted by Gasteiger charge is 2.15. The fourth-order valence-corrected chi connectivity index (χ4v) is 2.34. The summed E-state index contributed by atoms with van der Waals surface area (Å²) >= 11 is 3.40. The highest BCUT2D eigenvalue weighted by molar-refractivity contribution is 9.10. The van der Waals surface area contributed by atoms with E-state index in [2.05, 4.69) is 31.8 Å². The van der Waals surface area contributed by atoms with Gasteiger partial charge in [0.05, 0.1) is 6.21 Å². The lowest BCUT2D eigenvalue weighted by atomic mass is 10.2. The first-order chi connectivity index (χ1) is 10.7. The molecule has 0 spiro atoms.